The first-order valence-corrected chi connectivity index (χ1v) is 1.85. The van der Waals surface area contributed by atoms with Gasteiger partial charge in [-0.1, -0.05) is 6.58 Å². The van der Waals surface area contributed by atoms with Gasteiger partial charge in [0.25, 0.3) is 0 Å². The molecule has 0 aliphatic rings. The number of alkyl halides is 2. The maximum absolute atomic E-state index is 11.6. The van der Waals surface area contributed by atoms with Crippen LogP contribution in [0.15, 0.2) is 12.4 Å². The molecule has 0 heterocycles. The van der Waals surface area contributed by atoms with Crippen molar-refractivity contribution in [3.63, 3.8) is 0 Å². The number of aliphatic carboxylic acids is 1. The molecule has 52 valence electrons. The SMILES string of the molecule is C=C(F)C(F)(F)C(=O)O. The van der Waals surface area contributed by atoms with Crippen LogP contribution in [-0.4, -0.2) is 17.0 Å². The molecule has 0 radical (unpaired) electrons. The standard InChI is InChI=1S/C4H3F3O2/c1-2(5)4(6,7)3(8)9/h1H2,(H,8,9). The number of hydrogen-bond acceptors (Lipinski definition) is 1. The molecule has 0 rings (SSSR count). The summed E-state index contributed by atoms with van der Waals surface area (Å²) in [5, 5.41) is 7.56. The minimum absolute atomic E-state index is 2.15. The maximum atomic E-state index is 11.6. The molecule has 0 aromatic heterocycles. The molecule has 0 aliphatic carbocycles. The zero-order valence-corrected chi connectivity index (χ0v) is 4.20. The van der Waals surface area contributed by atoms with Crippen LogP contribution in [-0.2, 0) is 4.79 Å². The topological polar surface area (TPSA) is 37.3 Å². The smallest absolute Gasteiger partial charge is 0.392 e. The Morgan fingerprint density at radius 2 is 1.89 bits per heavy atom. The van der Waals surface area contributed by atoms with Crippen molar-refractivity contribution in [3.05, 3.63) is 12.4 Å². The third kappa shape index (κ3) is 1.45. The molecule has 0 amide bonds. The van der Waals surface area contributed by atoms with Crippen molar-refractivity contribution in [2.24, 2.45) is 0 Å². The minimum atomic E-state index is -4.44. The summed E-state index contributed by atoms with van der Waals surface area (Å²) in [5.74, 6) is -9.13. The third-order valence-electron chi connectivity index (χ3n) is 0.609. The summed E-state index contributed by atoms with van der Waals surface area (Å²) in [6.07, 6.45) is 0. The van der Waals surface area contributed by atoms with Crippen molar-refractivity contribution in [2.45, 2.75) is 5.92 Å². The average molecular weight is 140 g/mol. The summed E-state index contributed by atoms with van der Waals surface area (Å²) in [7, 11) is 0. The van der Waals surface area contributed by atoms with Gasteiger partial charge in [0.15, 0.2) is 5.83 Å². The van der Waals surface area contributed by atoms with Gasteiger partial charge in [0.1, 0.15) is 0 Å². The summed E-state index contributed by atoms with van der Waals surface area (Å²) >= 11 is 0. The highest BCUT2D eigenvalue weighted by Crippen LogP contribution is 2.23. The zero-order valence-electron chi connectivity index (χ0n) is 4.20. The summed E-state index contributed by atoms with van der Waals surface area (Å²) in [6.45, 7) is 2.15. The van der Waals surface area contributed by atoms with E-state index < -0.39 is 17.7 Å². The molecule has 0 fully saturated rings. The van der Waals surface area contributed by atoms with Gasteiger partial charge in [-0.05, 0) is 0 Å². The van der Waals surface area contributed by atoms with Crippen LogP contribution in [0, 0.1) is 0 Å². The Morgan fingerprint density at radius 1 is 1.56 bits per heavy atom. The highest BCUT2D eigenvalue weighted by Gasteiger charge is 2.43. The second kappa shape index (κ2) is 2.08. The van der Waals surface area contributed by atoms with Gasteiger partial charge in [-0.2, -0.15) is 8.78 Å². The quantitative estimate of drug-likeness (QED) is 0.625. The van der Waals surface area contributed by atoms with Crippen LogP contribution < -0.4 is 0 Å². The normalized spacial score (nSPS) is 11.0. The van der Waals surface area contributed by atoms with E-state index in [4.69, 9.17) is 5.11 Å². The lowest BCUT2D eigenvalue weighted by atomic mass is 10.3. The number of halogens is 3. The first-order valence-electron chi connectivity index (χ1n) is 1.85. The van der Waals surface area contributed by atoms with Crippen LogP contribution in [0.4, 0.5) is 13.2 Å². The molecule has 0 saturated carbocycles. The fraction of sp³-hybridized carbons (Fsp3) is 0.250. The molecule has 0 spiro atoms. The largest absolute Gasteiger partial charge is 0.476 e. The predicted octanol–water partition coefficient (Wildman–Crippen LogP) is 1.19. The zero-order chi connectivity index (χ0) is 7.65. The van der Waals surface area contributed by atoms with Crippen molar-refractivity contribution in [1.82, 2.24) is 0 Å². The maximum Gasteiger partial charge on any atom is 0.392 e. The van der Waals surface area contributed by atoms with Crippen LogP contribution in [0.2, 0.25) is 0 Å². The Kier molecular flexibility index (Phi) is 1.85. The van der Waals surface area contributed by atoms with E-state index in [0.717, 1.165) is 0 Å². The predicted molar refractivity (Wildman–Crippen MR) is 22.8 cm³/mol. The van der Waals surface area contributed by atoms with Crippen molar-refractivity contribution in [3.8, 4) is 0 Å². The van der Waals surface area contributed by atoms with E-state index in [9.17, 15) is 18.0 Å². The van der Waals surface area contributed by atoms with Crippen LogP contribution in [0.3, 0.4) is 0 Å². The molecule has 2 nitrogen and oxygen atoms in total. The molecule has 9 heavy (non-hydrogen) atoms. The molecule has 0 saturated heterocycles. The van der Waals surface area contributed by atoms with Crippen LogP contribution >= 0.6 is 0 Å². The minimum Gasteiger partial charge on any atom is -0.476 e. The lowest BCUT2D eigenvalue weighted by molar-refractivity contribution is -0.161. The molecule has 0 bridgehead atoms. The molecule has 0 aromatic rings. The summed E-state index contributed by atoms with van der Waals surface area (Å²) in [6, 6.07) is 0. The van der Waals surface area contributed by atoms with E-state index in [1.807, 2.05) is 0 Å². The number of carbonyl (C=O) groups is 1. The highest BCUT2D eigenvalue weighted by atomic mass is 19.3. The van der Waals surface area contributed by atoms with Crippen molar-refractivity contribution < 1.29 is 23.1 Å². The molecule has 1 N–H and O–H groups in total. The Labute approximate surface area is 48.6 Å². The first-order chi connectivity index (χ1) is 3.89. The van der Waals surface area contributed by atoms with Crippen molar-refractivity contribution in [2.75, 3.05) is 0 Å². The highest BCUT2D eigenvalue weighted by molar-refractivity contribution is 5.78. The monoisotopic (exact) mass is 140 g/mol. The second-order valence-electron chi connectivity index (χ2n) is 1.28. The lowest BCUT2D eigenvalue weighted by Gasteiger charge is -2.04. The first kappa shape index (κ1) is 8.00. The molecular formula is C4H3F3O2. The van der Waals surface area contributed by atoms with E-state index in [1.54, 1.807) is 0 Å². The van der Waals surface area contributed by atoms with E-state index >= 15 is 0 Å². The Hall–Kier alpha value is -1.00. The Balaban J connectivity index is 4.38. The molecule has 0 aromatic carbocycles. The lowest BCUT2D eigenvalue weighted by Crippen LogP contribution is -2.28. The van der Waals surface area contributed by atoms with Crippen LogP contribution in [0.1, 0.15) is 0 Å². The van der Waals surface area contributed by atoms with E-state index in [0.29, 0.717) is 0 Å². The van der Waals surface area contributed by atoms with Gasteiger partial charge < -0.3 is 5.11 Å². The summed E-state index contributed by atoms with van der Waals surface area (Å²) < 4.78 is 34.6. The second-order valence-corrected chi connectivity index (χ2v) is 1.28. The van der Waals surface area contributed by atoms with E-state index in [-0.39, 0.29) is 0 Å². The van der Waals surface area contributed by atoms with Crippen LogP contribution in [0.5, 0.6) is 0 Å². The fourth-order valence-electron chi connectivity index (χ4n) is 0.116. The van der Waals surface area contributed by atoms with E-state index in [1.165, 1.54) is 0 Å². The van der Waals surface area contributed by atoms with Gasteiger partial charge in [0, 0.05) is 0 Å². The molecule has 0 unspecified atom stereocenters. The van der Waals surface area contributed by atoms with Crippen molar-refractivity contribution >= 4 is 5.97 Å². The Bertz CT molecular complexity index is 136. The average Bonchev–Trinajstić information content (AvgIpc) is 1.65. The van der Waals surface area contributed by atoms with Crippen molar-refractivity contribution in [1.29, 1.82) is 0 Å². The number of hydrogen-bond donors (Lipinski definition) is 1. The van der Waals surface area contributed by atoms with Gasteiger partial charge in [-0.25, -0.2) is 9.18 Å². The van der Waals surface area contributed by atoms with Gasteiger partial charge in [-0.15, -0.1) is 0 Å². The Morgan fingerprint density at radius 3 is 1.89 bits per heavy atom. The summed E-state index contributed by atoms with van der Waals surface area (Å²) in [5.41, 5.74) is 0. The fourth-order valence-corrected chi connectivity index (χ4v) is 0.116. The van der Waals surface area contributed by atoms with E-state index in [2.05, 4.69) is 6.58 Å². The molecule has 0 atom stereocenters. The third-order valence-corrected chi connectivity index (χ3v) is 0.609. The van der Waals surface area contributed by atoms with Gasteiger partial charge in [0.2, 0.25) is 0 Å². The van der Waals surface area contributed by atoms with Gasteiger partial charge >= 0.3 is 11.9 Å². The number of carboxylic acids is 1. The number of carboxylic acid groups (broad SMARTS) is 1. The molecular weight excluding hydrogens is 137 g/mol. The van der Waals surface area contributed by atoms with Gasteiger partial charge in [0.05, 0.1) is 0 Å². The molecule has 5 heteroatoms. The summed E-state index contributed by atoms with van der Waals surface area (Å²) in [4.78, 5) is 9.41. The number of rotatable bonds is 2. The van der Waals surface area contributed by atoms with Gasteiger partial charge in [-0.3, -0.25) is 0 Å². The molecule has 0 aliphatic heterocycles. The van der Waals surface area contributed by atoms with Crippen LogP contribution in [0.25, 0.3) is 0 Å².